The van der Waals surface area contributed by atoms with Gasteiger partial charge in [-0.05, 0) is 53.4 Å². The van der Waals surface area contributed by atoms with E-state index in [1.807, 2.05) is 41.3 Å². The van der Waals surface area contributed by atoms with Gasteiger partial charge < -0.3 is 10.0 Å². The van der Waals surface area contributed by atoms with Gasteiger partial charge in [-0.15, -0.1) is 0 Å². The lowest BCUT2D eigenvalue weighted by molar-refractivity contribution is -0.120. The van der Waals surface area contributed by atoms with Crippen molar-refractivity contribution in [2.45, 2.75) is 24.3 Å². The predicted octanol–water partition coefficient (Wildman–Crippen LogP) is 4.23. The van der Waals surface area contributed by atoms with Crippen LogP contribution in [0.15, 0.2) is 72.8 Å². The zero-order chi connectivity index (χ0) is 20.9. The van der Waals surface area contributed by atoms with Crippen LogP contribution in [-0.4, -0.2) is 17.0 Å². The second kappa shape index (κ2) is 6.57. The summed E-state index contributed by atoms with van der Waals surface area (Å²) in [6, 6.07) is 24.2. The van der Waals surface area contributed by atoms with Crippen LogP contribution in [0.4, 0.5) is 5.69 Å². The molecule has 2 atom stereocenters. The molecule has 146 valence electrons. The van der Waals surface area contributed by atoms with Crippen molar-refractivity contribution in [3.63, 3.8) is 0 Å². The average Bonchev–Trinajstić information content (AvgIpc) is 3.49. The van der Waals surface area contributed by atoms with Gasteiger partial charge in [-0.25, -0.2) is 4.79 Å². The van der Waals surface area contributed by atoms with Gasteiger partial charge in [0.25, 0.3) is 0 Å². The molecule has 5 rings (SSSR count). The number of rotatable bonds is 4. The van der Waals surface area contributed by atoms with E-state index < -0.39 is 11.4 Å². The van der Waals surface area contributed by atoms with Gasteiger partial charge in [0.2, 0.25) is 5.91 Å². The molecule has 1 aliphatic carbocycles. The van der Waals surface area contributed by atoms with Gasteiger partial charge in [0.05, 0.1) is 29.2 Å². The van der Waals surface area contributed by atoms with Gasteiger partial charge in [-0.3, -0.25) is 4.79 Å². The van der Waals surface area contributed by atoms with Gasteiger partial charge in [-0.1, -0.05) is 42.5 Å². The van der Waals surface area contributed by atoms with E-state index >= 15 is 0 Å². The summed E-state index contributed by atoms with van der Waals surface area (Å²) in [5, 5.41) is 18.1. The molecule has 2 aliphatic rings. The highest BCUT2D eigenvalue weighted by Gasteiger charge is 2.66. The third-order valence-electron chi connectivity index (χ3n) is 6.25. The zero-order valence-corrected chi connectivity index (χ0v) is 16.1. The third-order valence-corrected chi connectivity index (χ3v) is 6.25. The molecule has 0 unspecified atom stereocenters. The Morgan fingerprint density at radius 2 is 1.77 bits per heavy atom. The van der Waals surface area contributed by atoms with E-state index in [2.05, 4.69) is 6.07 Å². The fraction of sp³-hybridized carbons (Fsp3) is 0.160. The maximum atomic E-state index is 13.6. The summed E-state index contributed by atoms with van der Waals surface area (Å²) in [4.78, 5) is 26.5. The Labute approximate surface area is 173 Å². The molecule has 5 nitrogen and oxygen atoms in total. The minimum atomic E-state index is -0.966. The largest absolute Gasteiger partial charge is 0.478 e. The van der Waals surface area contributed by atoms with Crippen molar-refractivity contribution in [1.82, 2.24) is 0 Å². The number of nitrogens with zero attached hydrogens (tertiary/aromatic N) is 2. The van der Waals surface area contributed by atoms with Crippen LogP contribution < -0.4 is 4.90 Å². The first-order valence-corrected chi connectivity index (χ1v) is 9.78. The van der Waals surface area contributed by atoms with Crippen LogP contribution in [0.1, 0.15) is 45.0 Å². The molecular formula is C25H18N2O3. The van der Waals surface area contributed by atoms with Gasteiger partial charge in [0.1, 0.15) is 0 Å². The highest BCUT2D eigenvalue weighted by molar-refractivity contribution is 6.11. The summed E-state index contributed by atoms with van der Waals surface area (Å²) in [5.74, 6) is -0.787. The van der Waals surface area contributed by atoms with Crippen molar-refractivity contribution >= 4 is 17.6 Å². The molecule has 1 saturated carbocycles. The lowest BCUT2D eigenvalue weighted by Gasteiger charge is -2.18. The average molecular weight is 394 g/mol. The number of carbonyl (C=O) groups excluding carboxylic acids is 1. The molecule has 1 spiro atoms. The number of benzene rings is 3. The Kier molecular flexibility index (Phi) is 3.97. The van der Waals surface area contributed by atoms with Crippen LogP contribution >= 0.6 is 0 Å². The minimum Gasteiger partial charge on any atom is -0.478 e. The normalized spacial score (nSPS) is 21.4. The molecule has 1 amide bonds. The second-order valence-electron chi connectivity index (χ2n) is 7.87. The SMILES string of the molecule is N#Cc1ccc([C@@H]2C[C@@]23C(=O)N(Cc2ccc(C(=O)O)cc2)c2ccccc23)cc1. The lowest BCUT2D eigenvalue weighted by Crippen LogP contribution is -2.32. The Bertz CT molecular complexity index is 1210. The van der Waals surface area contributed by atoms with Crippen LogP contribution in [-0.2, 0) is 16.8 Å². The van der Waals surface area contributed by atoms with E-state index in [0.717, 1.165) is 28.8 Å². The molecule has 1 aliphatic heterocycles. The van der Waals surface area contributed by atoms with E-state index in [1.54, 1.807) is 36.4 Å². The number of aromatic carboxylic acids is 1. The zero-order valence-electron chi connectivity index (χ0n) is 16.1. The lowest BCUT2D eigenvalue weighted by atomic mass is 9.92. The molecule has 30 heavy (non-hydrogen) atoms. The number of carboxylic acid groups (broad SMARTS) is 1. The standard InChI is InChI=1S/C25H18N2O3/c26-14-16-5-9-18(10-6-16)21-13-25(21)20-3-1-2-4-22(20)27(24(25)30)15-17-7-11-19(12-8-17)23(28)29/h1-12,21H,13,15H2,(H,28,29)/t21-,25-/m0/s1. The van der Waals surface area contributed by atoms with E-state index in [4.69, 9.17) is 10.4 Å². The summed E-state index contributed by atoms with van der Waals surface area (Å²) >= 11 is 0. The molecule has 0 aromatic heterocycles. The van der Waals surface area contributed by atoms with Crippen molar-refractivity contribution in [3.05, 3.63) is 101 Å². The van der Waals surface area contributed by atoms with Crippen LogP contribution in [0.2, 0.25) is 0 Å². The van der Waals surface area contributed by atoms with Gasteiger partial charge >= 0.3 is 5.97 Å². The summed E-state index contributed by atoms with van der Waals surface area (Å²) in [6.45, 7) is 0.400. The molecule has 3 aromatic rings. The van der Waals surface area contributed by atoms with Crippen molar-refractivity contribution < 1.29 is 14.7 Å². The molecule has 1 N–H and O–H groups in total. The van der Waals surface area contributed by atoms with Crippen LogP contribution in [0.3, 0.4) is 0 Å². The van der Waals surface area contributed by atoms with Crippen molar-refractivity contribution in [2.75, 3.05) is 4.90 Å². The Morgan fingerprint density at radius 3 is 2.43 bits per heavy atom. The Hall–Kier alpha value is -3.91. The number of fused-ring (bicyclic) bond motifs is 2. The summed E-state index contributed by atoms with van der Waals surface area (Å²) in [5.41, 5.74) is 4.21. The molecule has 5 heteroatoms. The van der Waals surface area contributed by atoms with Crippen molar-refractivity contribution in [1.29, 1.82) is 5.26 Å². The summed E-state index contributed by atoms with van der Waals surface area (Å²) < 4.78 is 0. The number of carbonyl (C=O) groups is 2. The first kappa shape index (κ1) is 18.1. The molecular weight excluding hydrogens is 376 g/mol. The van der Waals surface area contributed by atoms with Crippen LogP contribution in [0, 0.1) is 11.3 Å². The maximum Gasteiger partial charge on any atom is 0.335 e. The number of nitriles is 1. The Balaban J connectivity index is 1.48. The maximum absolute atomic E-state index is 13.6. The summed E-state index contributed by atoms with van der Waals surface area (Å²) in [7, 11) is 0. The van der Waals surface area contributed by atoms with Gasteiger partial charge in [0, 0.05) is 11.6 Å². The highest BCUT2D eigenvalue weighted by atomic mass is 16.4. The van der Waals surface area contributed by atoms with E-state index in [-0.39, 0.29) is 17.4 Å². The molecule has 0 bridgehead atoms. The fourth-order valence-electron chi connectivity index (χ4n) is 4.63. The number of para-hydroxylation sites is 1. The Morgan fingerprint density at radius 1 is 1.07 bits per heavy atom. The van der Waals surface area contributed by atoms with Crippen molar-refractivity contribution in [2.24, 2.45) is 0 Å². The first-order chi connectivity index (χ1) is 14.5. The monoisotopic (exact) mass is 394 g/mol. The number of amides is 1. The fourth-order valence-corrected chi connectivity index (χ4v) is 4.63. The molecule has 1 fully saturated rings. The smallest absolute Gasteiger partial charge is 0.335 e. The van der Waals surface area contributed by atoms with E-state index in [9.17, 15) is 9.59 Å². The van der Waals surface area contributed by atoms with Crippen LogP contribution in [0.5, 0.6) is 0 Å². The number of carboxylic acids is 1. The predicted molar refractivity (Wildman–Crippen MR) is 111 cm³/mol. The van der Waals surface area contributed by atoms with E-state index in [1.165, 1.54) is 0 Å². The third kappa shape index (κ3) is 2.61. The molecule has 1 heterocycles. The number of hydrogen-bond donors (Lipinski definition) is 1. The quantitative estimate of drug-likeness (QED) is 0.718. The minimum absolute atomic E-state index is 0.0837. The van der Waals surface area contributed by atoms with Gasteiger partial charge in [0.15, 0.2) is 0 Å². The second-order valence-corrected chi connectivity index (χ2v) is 7.87. The number of anilines is 1. The molecule has 0 saturated heterocycles. The summed E-state index contributed by atoms with van der Waals surface area (Å²) in [6.07, 6.45) is 0.753. The molecule has 3 aromatic carbocycles. The van der Waals surface area contributed by atoms with E-state index in [0.29, 0.717) is 12.1 Å². The van der Waals surface area contributed by atoms with Crippen LogP contribution in [0.25, 0.3) is 0 Å². The number of hydrogen-bond acceptors (Lipinski definition) is 3. The van der Waals surface area contributed by atoms with Crippen molar-refractivity contribution in [3.8, 4) is 6.07 Å². The topological polar surface area (TPSA) is 81.4 Å². The van der Waals surface area contributed by atoms with Gasteiger partial charge in [-0.2, -0.15) is 5.26 Å². The molecule has 0 radical (unpaired) electrons. The highest BCUT2D eigenvalue weighted by Crippen LogP contribution is 2.66. The first-order valence-electron chi connectivity index (χ1n) is 9.78.